The van der Waals surface area contributed by atoms with Crippen LogP contribution in [0, 0.1) is 6.92 Å². The summed E-state index contributed by atoms with van der Waals surface area (Å²) in [6.07, 6.45) is 4.79. The van der Waals surface area contributed by atoms with Crippen molar-refractivity contribution in [3.8, 4) is 0 Å². The molecule has 8 aromatic rings. The van der Waals surface area contributed by atoms with Gasteiger partial charge in [-0.25, -0.2) is 0 Å². The number of hydrogen-bond donors (Lipinski definition) is 0. The highest BCUT2D eigenvalue weighted by molar-refractivity contribution is 7.27. The van der Waals surface area contributed by atoms with Gasteiger partial charge in [-0.05, 0) is 162 Å². The third-order valence-corrected chi connectivity index (χ3v) is 23.6. The summed E-state index contributed by atoms with van der Waals surface area (Å²) < 4.78 is 0. The zero-order valence-corrected chi connectivity index (χ0v) is 46.9. The van der Waals surface area contributed by atoms with Crippen molar-refractivity contribution in [2.75, 3.05) is 14.7 Å². The SMILES string of the molecule is Cc1cc2c3c(c1)[Si](c1ccccc1)(c1ccccc1)c1cccc4c1B3c1c(cc(N3c5ccc(C(C)(C)C)cc5C5(C)CCCCC35C)cc1N2c1ccc(C(C)(C)C)cc1)N4c1ccc(C(C)(C)C)cc1. The third-order valence-electron chi connectivity index (χ3n) is 18.8. The number of fused-ring (bicyclic) bond motifs is 3. The quantitative estimate of drug-likeness (QED) is 0.159. The Morgan fingerprint density at radius 3 is 1.49 bits per heavy atom. The molecule has 0 aromatic heterocycles. The number of rotatable bonds is 5. The summed E-state index contributed by atoms with van der Waals surface area (Å²) in [5, 5.41) is 5.85. The Hall–Kier alpha value is -6.56. The molecule has 370 valence electrons. The molecular formula is C69H72BN3Si. The first kappa shape index (κ1) is 47.2. The average molecular weight is 982 g/mol. The van der Waals surface area contributed by atoms with E-state index in [1.807, 2.05) is 0 Å². The number of nitrogens with zero attached hydrogens (tertiary/aromatic N) is 3. The largest absolute Gasteiger partial charge is 0.334 e. The molecule has 5 heteroatoms. The molecule has 0 bridgehead atoms. The monoisotopic (exact) mass is 982 g/mol. The Bertz CT molecular complexity index is 3520. The summed E-state index contributed by atoms with van der Waals surface area (Å²) in [6, 6.07) is 67.8. The van der Waals surface area contributed by atoms with E-state index in [0.29, 0.717) is 0 Å². The fraction of sp³-hybridized carbons (Fsp3) is 0.304. The molecule has 13 rings (SSSR count). The lowest BCUT2D eigenvalue weighted by molar-refractivity contribution is 0.195. The highest BCUT2D eigenvalue weighted by Gasteiger charge is 2.60. The molecule has 5 aliphatic rings. The lowest BCUT2D eigenvalue weighted by Gasteiger charge is -2.53. The fourth-order valence-corrected chi connectivity index (χ4v) is 20.1. The van der Waals surface area contributed by atoms with Gasteiger partial charge in [0, 0.05) is 50.9 Å². The molecule has 74 heavy (non-hydrogen) atoms. The molecule has 4 heterocycles. The zero-order valence-electron chi connectivity index (χ0n) is 45.9. The van der Waals surface area contributed by atoms with Gasteiger partial charge in [0.1, 0.15) is 0 Å². The first-order chi connectivity index (χ1) is 35.2. The summed E-state index contributed by atoms with van der Waals surface area (Å²) in [6.45, 7) is 28.7. The molecular weight excluding hydrogens is 910 g/mol. The van der Waals surface area contributed by atoms with Gasteiger partial charge in [-0.3, -0.25) is 0 Å². The minimum absolute atomic E-state index is 0.0184. The van der Waals surface area contributed by atoms with Crippen molar-refractivity contribution in [2.24, 2.45) is 0 Å². The van der Waals surface area contributed by atoms with Crippen LogP contribution in [-0.4, -0.2) is 20.3 Å². The molecule has 2 unspecified atom stereocenters. The van der Waals surface area contributed by atoms with Gasteiger partial charge in [-0.1, -0.05) is 197 Å². The smallest absolute Gasteiger partial charge is 0.251 e. The predicted octanol–water partition coefficient (Wildman–Crippen LogP) is 13.4. The van der Waals surface area contributed by atoms with Gasteiger partial charge < -0.3 is 14.7 Å². The van der Waals surface area contributed by atoms with Crippen LogP contribution in [0.5, 0.6) is 0 Å². The Morgan fingerprint density at radius 2 is 0.932 bits per heavy atom. The first-order valence-corrected chi connectivity index (χ1v) is 29.6. The normalized spacial score (nSPS) is 20.1. The minimum atomic E-state index is -3.00. The van der Waals surface area contributed by atoms with Crippen LogP contribution in [0.1, 0.15) is 130 Å². The van der Waals surface area contributed by atoms with E-state index in [4.69, 9.17) is 0 Å². The van der Waals surface area contributed by atoms with Gasteiger partial charge in [0.15, 0.2) is 8.07 Å². The predicted molar refractivity (Wildman–Crippen MR) is 321 cm³/mol. The van der Waals surface area contributed by atoms with E-state index in [2.05, 4.69) is 268 Å². The van der Waals surface area contributed by atoms with Gasteiger partial charge in [-0.15, -0.1) is 0 Å². The maximum Gasteiger partial charge on any atom is 0.251 e. The molecule has 4 aliphatic heterocycles. The number of anilines is 8. The lowest BCUT2D eigenvalue weighted by Crippen LogP contribution is -2.88. The number of benzene rings is 8. The van der Waals surface area contributed by atoms with Gasteiger partial charge >= 0.3 is 0 Å². The van der Waals surface area contributed by atoms with Crippen LogP contribution >= 0.6 is 0 Å². The summed E-state index contributed by atoms with van der Waals surface area (Å²) in [5.41, 5.74) is 21.3. The second-order valence-electron chi connectivity index (χ2n) is 26.2. The molecule has 3 nitrogen and oxygen atoms in total. The number of hydrogen-bond acceptors (Lipinski definition) is 3. The number of aryl methyl sites for hydroxylation is 1. The fourth-order valence-electron chi connectivity index (χ4n) is 14.7. The standard InChI is InChI=1S/C69H72BN3Si/c1-45-40-57-64-61(41-45)74(52-22-15-13-16-23-52,53-24-17-14-18-25-53)60-27-21-26-56-63(60)70(64)62-58(71(56)49-33-28-46(29-34-49)65(2,3)4)43-51(44-59(62)72(57)50-35-30-47(31-36-50)66(5,6)7)73-55-37-32-48(67(8,9)10)42-54(55)68(11)38-19-20-39-69(68,73)12/h13-18,21-37,40-44H,19-20,38-39H2,1-12H3. The van der Waals surface area contributed by atoms with E-state index in [1.54, 1.807) is 0 Å². The van der Waals surface area contributed by atoms with Crippen molar-refractivity contribution < 1.29 is 0 Å². The molecule has 1 fully saturated rings. The topological polar surface area (TPSA) is 9.72 Å². The molecule has 8 aromatic carbocycles. The van der Waals surface area contributed by atoms with Crippen LogP contribution < -0.4 is 51.8 Å². The van der Waals surface area contributed by atoms with E-state index < -0.39 is 8.07 Å². The van der Waals surface area contributed by atoms with Gasteiger partial charge in [0.05, 0.1) is 5.54 Å². The molecule has 0 N–H and O–H groups in total. The van der Waals surface area contributed by atoms with E-state index in [-0.39, 0.29) is 33.9 Å². The average Bonchev–Trinajstić information content (AvgIpc) is 3.60. The van der Waals surface area contributed by atoms with Crippen LogP contribution in [0.4, 0.5) is 45.5 Å². The summed E-state index contributed by atoms with van der Waals surface area (Å²) in [4.78, 5) is 8.22. The van der Waals surface area contributed by atoms with Crippen molar-refractivity contribution in [3.05, 3.63) is 198 Å². The maximum atomic E-state index is 2.83. The Morgan fingerprint density at radius 1 is 0.432 bits per heavy atom. The van der Waals surface area contributed by atoms with Crippen molar-refractivity contribution in [2.45, 2.75) is 136 Å². The van der Waals surface area contributed by atoms with Gasteiger partial charge in [-0.2, -0.15) is 0 Å². The molecule has 1 saturated carbocycles. The second-order valence-corrected chi connectivity index (χ2v) is 29.9. The van der Waals surface area contributed by atoms with Crippen LogP contribution in [0.15, 0.2) is 170 Å². The Kier molecular flexibility index (Phi) is 10.2. The van der Waals surface area contributed by atoms with Crippen molar-refractivity contribution in [3.63, 3.8) is 0 Å². The summed E-state index contributed by atoms with van der Waals surface area (Å²) >= 11 is 0. The van der Waals surface area contributed by atoms with Crippen LogP contribution in [-0.2, 0) is 21.7 Å². The van der Waals surface area contributed by atoms with E-state index >= 15 is 0 Å². The van der Waals surface area contributed by atoms with Crippen molar-refractivity contribution in [1.29, 1.82) is 0 Å². The van der Waals surface area contributed by atoms with Gasteiger partial charge in [0.25, 0.3) is 6.71 Å². The molecule has 0 radical (unpaired) electrons. The van der Waals surface area contributed by atoms with E-state index in [9.17, 15) is 0 Å². The van der Waals surface area contributed by atoms with Crippen molar-refractivity contribution >= 4 is 97.4 Å². The van der Waals surface area contributed by atoms with Crippen LogP contribution in [0.25, 0.3) is 0 Å². The first-order valence-electron chi connectivity index (χ1n) is 27.6. The van der Waals surface area contributed by atoms with Crippen LogP contribution in [0.2, 0.25) is 0 Å². The Labute approximate surface area is 443 Å². The third kappa shape index (κ3) is 6.50. The molecule has 2 atom stereocenters. The van der Waals surface area contributed by atoms with E-state index in [1.165, 1.54) is 130 Å². The highest BCUT2D eigenvalue weighted by Crippen LogP contribution is 2.62. The molecule has 0 amide bonds. The van der Waals surface area contributed by atoms with Crippen molar-refractivity contribution in [1.82, 2.24) is 0 Å². The molecule has 0 spiro atoms. The molecule has 0 saturated heterocycles. The zero-order chi connectivity index (χ0) is 51.5. The van der Waals surface area contributed by atoms with Crippen LogP contribution in [0.3, 0.4) is 0 Å². The maximum absolute atomic E-state index is 3.00. The van der Waals surface area contributed by atoms with Gasteiger partial charge in [0.2, 0.25) is 0 Å². The second kappa shape index (κ2) is 16.0. The Balaban J connectivity index is 1.19. The van der Waals surface area contributed by atoms with E-state index in [0.717, 1.165) is 6.42 Å². The highest BCUT2D eigenvalue weighted by atomic mass is 28.3. The summed E-state index contributed by atoms with van der Waals surface area (Å²) in [7, 11) is -3.00. The summed E-state index contributed by atoms with van der Waals surface area (Å²) in [5.74, 6) is 0. The molecule has 1 aliphatic carbocycles. The minimum Gasteiger partial charge on any atom is -0.334 e. The lowest BCUT2D eigenvalue weighted by atomic mass is 9.33.